The molecule has 3 rings (SSSR count). The summed E-state index contributed by atoms with van der Waals surface area (Å²) in [7, 11) is 0. The molecule has 0 atom stereocenters. The molecule has 0 amide bonds. The number of pyridine rings is 1. The van der Waals surface area contributed by atoms with Crippen LogP contribution in [0.3, 0.4) is 0 Å². The van der Waals surface area contributed by atoms with Crippen LogP contribution in [0.15, 0.2) is 42.6 Å². The molecule has 0 aliphatic carbocycles. The Kier molecular flexibility index (Phi) is 2.75. The van der Waals surface area contributed by atoms with Crippen molar-refractivity contribution in [3.8, 4) is 11.3 Å². The van der Waals surface area contributed by atoms with Crippen molar-refractivity contribution in [2.24, 2.45) is 0 Å². The highest BCUT2D eigenvalue weighted by Gasteiger charge is 2.05. The van der Waals surface area contributed by atoms with Gasteiger partial charge in [0.25, 0.3) is 0 Å². The Morgan fingerprint density at radius 3 is 2.74 bits per heavy atom. The lowest BCUT2D eigenvalue weighted by molar-refractivity contribution is 0.797. The molecule has 96 valence electrons. The maximum Gasteiger partial charge on any atom is 0.0888 e. The highest BCUT2D eigenvalue weighted by atomic mass is 15.0. The third-order valence-electron chi connectivity index (χ3n) is 3.53. The van der Waals surface area contributed by atoms with Crippen molar-refractivity contribution < 1.29 is 0 Å². The third-order valence-corrected chi connectivity index (χ3v) is 3.53. The van der Waals surface area contributed by atoms with Crippen LogP contribution >= 0.6 is 0 Å². The second-order valence-electron chi connectivity index (χ2n) is 4.77. The van der Waals surface area contributed by atoms with E-state index >= 15 is 0 Å². The Hall–Kier alpha value is -2.29. The van der Waals surface area contributed by atoms with Crippen LogP contribution in [0.1, 0.15) is 12.5 Å². The first-order chi connectivity index (χ1) is 9.19. The van der Waals surface area contributed by atoms with Crippen LogP contribution in [-0.4, -0.2) is 9.55 Å². The first-order valence-electron chi connectivity index (χ1n) is 6.51. The number of rotatable bonds is 2. The number of benzene rings is 1. The summed E-state index contributed by atoms with van der Waals surface area (Å²) in [6.07, 6.45) is 2.08. The molecule has 0 fully saturated rings. The molecule has 3 aromatic rings. The van der Waals surface area contributed by atoms with Gasteiger partial charge in [-0.05, 0) is 49.7 Å². The van der Waals surface area contributed by atoms with Crippen LogP contribution in [0.2, 0.25) is 0 Å². The van der Waals surface area contributed by atoms with E-state index in [0.29, 0.717) is 0 Å². The molecule has 0 unspecified atom stereocenters. The second-order valence-corrected chi connectivity index (χ2v) is 4.77. The number of hydrogen-bond acceptors (Lipinski definition) is 2. The first-order valence-corrected chi connectivity index (χ1v) is 6.51. The van der Waals surface area contributed by atoms with E-state index in [1.807, 2.05) is 19.1 Å². The molecule has 0 bridgehead atoms. The van der Waals surface area contributed by atoms with Gasteiger partial charge in [-0.25, -0.2) is 4.98 Å². The normalized spacial score (nSPS) is 11.1. The summed E-state index contributed by atoms with van der Waals surface area (Å²) in [5.41, 5.74) is 12.1. The molecule has 0 aliphatic heterocycles. The van der Waals surface area contributed by atoms with Crippen molar-refractivity contribution in [2.75, 3.05) is 5.73 Å². The van der Waals surface area contributed by atoms with E-state index in [4.69, 9.17) is 10.7 Å². The largest absolute Gasteiger partial charge is 0.399 e. The Bertz CT molecular complexity index is 741. The van der Waals surface area contributed by atoms with Crippen molar-refractivity contribution in [1.82, 2.24) is 9.55 Å². The molecule has 3 nitrogen and oxygen atoms in total. The number of aromatic nitrogens is 2. The van der Waals surface area contributed by atoms with Gasteiger partial charge in [-0.2, -0.15) is 0 Å². The number of hydrogen-bond donors (Lipinski definition) is 1. The molecule has 0 saturated carbocycles. The van der Waals surface area contributed by atoms with E-state index in [2.05, 4.69) is 42.0 Å². The Balaban J connectivity index is 2.12. The van der Waals surface area contributed by atoms with Gasteiger partial charge in [-0.1, -0.05) is 6.07 Å². The summed E-state index contributed by atoms with van der Waals surface area (Å²) in [5, 5.41) is 0. The van der Waals surface area contributed by atoms with E-state index in [1.165, 1.54) is 5.52 Å². The Labute approximate surface area is 112 Å². The number of nitrogens with two attached hydrogens (primary N) is 1. The Morgan fingerprint density at radius 2 is 2.00 bits per heavy atom. The molecule has 2 aromatic heterocycles. The summed E-state index contributed by atoms with van der Waals surface area (Å²) < 4.78 is 2.19. The zero-order valence-corrected chi connectivity index (χ0v) is 11.2. The molecular weight excluding hydrogens is 234 g/mol. The molecule has 0 radical (unpaired) electrons. The maximum absolute atomic E-state index is 5.85. The van der Waals surface area contributed by atoms with E-state index in [0.717, 1.165) is 34.6 Å². The van der Waals surface area contributed by atoms with Crippen LogP contribution in [0.5, 0.6) is 0 Å². The second kappa shape index (κ2) is 4.43. The van der Waals surface area contributed by atoms with Crippen LogP contribution in [-0.2, 0) is 6.54 Å². The molecular formula is C16H17N3. The van der Waals surface area contributed by atoms with Gasteiger partial charge >= 0.3 is 0 Å². The molecule has 0 saturated heterocycles. The predicted molar refractivity (Wildman–Crippen MR) is 80.0 cm³/mol. The van der Waals surface area contributed by atoms with Crippen molar-refractivity contribution in [1.29, 1.82) is 0 Å². The smallest absolute Gasteiger partial charge is 0.0888 e. The molecule has 19 heavy (non-hydrogen) atoms. The van der Waals surface area contributed by atoms with Crippen molar-refractivity contribution in [3.63, 3.8) is 0 Å². The average Bonchev–Trinajstić information content (AvgIpc) is 2.84. The zero-order chi connectivity index (χ0) is 13.4. The van der Waals surface area contributed by atoms with Gasteiger partial charge in [-0.3, -0.25) is 0 Å². The quantitative estimate of drug-likeness (QED) is 0.707. The fraction of sp³-hybridized carbons (Fsp3) is 0.188. The summed E-state index contributed by atoms with van der Waals surface area (Å²) in [6.45, 7) is 5.12. The van der Waals surface area contributed by atoms with E-state index in [1.54, 1.807) is 0 Å². The summed E-state index contributed by atoms with van der Waals surface area (Å²) >= 11 is 0. The summed E-state index contributed by atoms with van der Waals surface area (Å²) in [6, 6.07) is 12.3. The highest BCUT2D eigenvalue weighted by molar-refractivity contribution is 5.79. The number of nitrogens with zero attached hydrogens (tertiary/aromatic N) is 2. The van der Waals surface area contributed by atoms with Gasteiger partial charge < -0.3 is 10.3 Å². The van der Waals surface area contributed by atoms with Gasteiger partial charge in [0.1, 0.15) is 0 Å². The molecule has 0 spiro atoms. The topological polar surface area (TPSA) is 43.8 Å². The van der Waals surface area contributed by atoms with E-state index in [-0.39, 0.29) is 0 Å². The SMILES string of the molecule is CCn1ccc2nc(-c3ccc(N)c(C)c3)ccc21. The van der Waals surface area contributed by atoms with Gasteiger partial charge in [-0.15, -0.1) is 0 Å². The highest BCUT2D eigenvalue weighted by Crippen LogP contribution is 2.24. The Morgan fingerprint density at radius 1 is 1.16 bits per heavy atom. The van der Waals surface area contributed by atoms with Crippen molar-refractivity contribution in [2.45, 2.75) is 20.4 Å². The molecule has 0 aliphatic rings. The molecule has 2 N–H and O–H groups in total. The lowest BCUT2D eigenvalue weighted by atomic mass is 10.1. The van der Waals surface area contributed by atoms with Crippen molar-refractivity contribution in [3.05, 3.63) is 48.2 Å². The first kappa shape index (κ1) is 11.8. The number of aryl methyl sites for hydroxylation is 2. The minimum absolute atomic E-state index is 0.821. The lowest BCUT2D eigenvalue weighted by Gasteiger charge is -2.06. The number of anilines is 1. The van der Waals surface area contributed by atoms with Crippen LogP contribution < -0.4 is 5.73 Å². The predicted octanol–water partition coefficient (Wildman–Crippen LogP) is 3.61. The number of nitrogen functional groups attached to an aromatic ring is 1. The monoisotopic (exact) mass is 251 g/mol. The van der Waals surface area contributed by atoms with Gasteiger partial charge in [0.15, 0.2) is 0 Å². The van der Waals surface area contributed by atoms with Crippen LogP contribution in [0.25, 0.3) is 22.3 Å². The fourth-order valence-electron chi connectivity index (χ4n) is 2.35. The standard InChI is InChI=1S/C16H17N3/c1-3-19-9-8-15-16(19)7-6-14(18-15)12-4-5-13(17)11(2)10-12/h4-10H,3,17H2,1-2H3. The van der Waals surface area contributed by atoms with E-state index in [9.17, 15) is 0 Å². The lowest BCUT2D eigenvalue weighted by Crippen LogP contribution is -1.93. The maximum atomic E-state index is 5.85. The fourth-order valence-corrected chi connectivity index (χ4v) is 2.35. The van der Waals surface area contributed by atoms with Gasteiger partial charge in [0.05, 0.1) is 16.7 Å². The minimum Gasteiger partial charge on any atom is -0.399 e. The van der Waals surface area contributed by atoms with Crippen molar-refractivity contribution >= 4 is 16.7 Å². The molecule has 1 aromatic carbocycles. The minimum atomic E-state index is 0.821. The van der Waals surface area contributed by atoms with Crippen LogP contribution in [0, 0.1) is 6.92 Å². The average molecular weight is 251 g/mol. The zero-order valence-electron chi connectivity index (χ0n) is 11.2. The van der Waals surface area contributed by atoms with Gasteiger partial charge in [0, 0.05) is 24.0 Å². The van der Waals surface area contributed by atoms with Crippen LogP contribution in [0.4, 0.5) is 5.69 Å². The summed E-state index contributed by atoms with van der Waals surface area (Å²) in [4.78, 5) is 4.72. The molecule has 2 heterocycles. The third kappa shape index (κ3) is 1.97. The van der Waals surface area contributed by atoms with E-state index < -0.39 is 0 Å². The molecule has 3 heteroatoms. The number of fused-ring (bicyclic) bond motifs is 1. The van der Waals surface area contributed by atoms with Gasteiger partial charge in [0.2, 0.25) is 0 Å². The summed E-state index contributed by atoms with van der Waals surface area (Å²) in [5.74, 6) is 0.